The molecule has 1 N–H and O–H groups in total. The Morgan fingerprint density at radius 2 is 2.40 bits per heavy atom. The SMILES string of the molecule is CC1CCc2c(sc(NC(=O)c3cccs3)c2C#N)C1. The number of nitriles is 1. The first kappa shape index (κ1) is 13.3. The molecule has 0 aliphatic heterocycles. The third kappa shape index (κ3) is 2.37. The van der Waals surface area contributed by atoms with E-state index >= 15 is 0 Å². The van der Waals surface area contributed by atoms with E-state index in [2.05, 4.69) is 18.3 Å². The minimum Gasteiger partial charge on any atom is -0.312 e. The minimum absolute atomic E-state index is 0.122. The summed E-state index contributed by atoms with van der Waals surface area (Å²) >= 11 is 2.97. The summed E-state index contributed by atoms with van der Waals surface area (Å²) in [7, 11) is 0. The van der Waals surface area contributed by atoms with Gasteiger partial charge in [-0.3, -0.25) is 4.79 Å². The lowest BCUT2D eigenvalue weighted by Crippen LogP contribution is -2.10. The monoisotopic (exact) mass is 302 g/mol. The summed E-state index contributed by atoms with van der Waals surface area (Å²) < 4.78 is 0. The van der Waals surface area contributed by atoms with Crippen LogP contribution in [0.3, 0.4) is 0 Å². The quantitative estimate of drug-likeness (QED) is 0.909. The second-order valence-corrected chi connectivity index (χ2v) is 7.15. The molecule has 0 spiro atoms. The number of anilines is 1. The first-order chi connectivity index (χ1) is 9.69. The van der Waals surface area contributed by atoms with Gasteiger partial charge in [0.15, 0.2) is 0 Å². The van der Waals surface area contributed by atoms with Gasteiger partial charge in [-0.1, -0.05) is 13.0 Å². The normalized spacial score (nSPS) is 17.3. The Kier molecular flexibility index (Phi) is 3.60. The van der Waals surface area contributed by atoms with Gasteiger partial charge in [0.05, 0.1) is 10.4 Å². The molecule has 1 amide bonds. The summed E-state index contributed by atoms with van der Waals surface area (Å²) in [5, 5.41) is 14.9. The Hall–Kier alpha value is -1.64. The van der Waals surface area contributed by atoms with E-state index in [4.69, 9.17) is 0 Å². The molecule has 1 aliphatic carbocycles. The standard InChI is InChI=1S/C15H14N2OS2/c1-9-4-5-10-11(8-16)15(20-13(10)7-9)17-14(18)12-3-2-6-19-12/h2-3,6,9H,4-5,7H2,1H3,(H,17,18). The number of hydrogen-bond acceptors (Lipinski definition) is 4. The van der Waals surface area contributed by atoms with Crippen molar-refractivity contribution in [2.45, 2.75) is 26.2 Å². The van der Waals surface area contributed by atoms with Gasteiger partial charge >= 0.3 is 0 Å². The first-order valence-electron chi connectivity index (χ1n) is 6.58. The molecule has 0 aromatic carbocycles. The minimum atomic E-state index is -0.122. The van der Waals surface area contributed by atoms with Crippen molar-refractivity contribution in [2.24, 2.45) is 5.92 Å². The average Bonchev–Trinajstić information content (AvgIpc) is 3.04. The van der Waals surface area contributed by atoms with Crippen molar-refractivity contribution in [3.63, 3.8) is 0 Å². The maximum Gasteiger partial charge on any atom is 0.266 e. The lowest BCUT2D eigenvalue weighted by Gasteiger charge is -2.17. The number of carbonyl (C=O) groups is 1. The lowest BCUT2D eigenvalue weighted by atomic mass is 9.89. The topological polar surface area (TPSA) is 52.9 Å². The van der Waals surface area contributed by atoms with Gasteiger partial charge in [0, 0.05) is 4.88 Å². The molecule has 0 saturated heterocycles. The molecular weight excluding hydrogens is 288 g/mol. The Morgan fingerprint density at radius 3 is 3.10 bits per heavy atom. The van der Waals surface area contributed by atoms with Crippen LogP contribution in [0.4, 0.5) is 5.00 Å². The number of hydrogen-bond donors (Lipinski definition) is 1. The number of nitrogens with one attached hydrogen (secondary N) is 1. The Bertz CT molecular complexity index is 680. The van der Waals surface area contributed by atoms with Crippen LogP contribution in [0.1, 0.15) is 39.0 Å². The molecule has 0 radical (unpaired) electrons. The molecule has 0 saturated carbocycles. The highest BCUT2D eigenvalue weighted by atomic mass is 32.1. The number of nitrogens with zero attached hydrogens (tertiary/aromatic N) is 1. The molecule has 2 aromatic rings. The van der Waals surface area contributed by atoms with Gasteiger partial charge < -0.3 is 5.32 Å². The molecule has 2 aromatic heterocycles. The highest BCUT2D eigenvalue weighted by Gasteiger charge is 2.24. The highest BCUT2D eigenvalue weighted by molar-refractivity contribution is 7.17. The zero-order chi connectivity index (χ0) is 14.1. The fourth-order valence-corrected chi connectivity index (χ4v) is 4.50. The maximum absolute atomic E-state index is 12.1. The molecule has 102 valence electrons. The Morgan fingerprint density at radius 1 is 1.55 bits per heavy atom. The van der Waals surface area contributed by atoms with Gasteiger partial charge in [-0.25, -0.2) is 0 Å². The summed E-state index contributed by atoms with van der Waals surface area (Å²) in [6.07, 6.45) is 3.09. The number of carbonyl (C=O) groups excluding carboxylic acids is 1. The van der Waals surface area contributed by atoms with Crippen LogP contribution in [0.15, 0.2) is 17.5 Å². The van der Waals surface area contributed by atoms with Crippen LogP contribution >= 0.6 is 22.7 Å². The van der Waals surface area contributed by atoms with Gasteiger partial charge in [0.2, 0.25) is 0 Å². The Balaban J connectivity index is 1.91. The van der Waals surface area contributed by atoms with Crippen LogP contribution in [0.25, 0.3) is 0 Å². The van der Waals surface area contributed by atoms with Crippen molar-refractivity contribution in [1.82, 2.24) is 0 Å². The van der Waals surface area contributed by atoms with Crippen molar-refractivity contribution in [3.05, 3.63) is 38.4 Å². The van der Waals surface area contributed by atoms with Crippen LogP contribution in [-0.4, -0.2) is 5.91 Å². The van der Waals surface area contributed by atoms with E-state index < -0.39 is 0 Å². The van der Waals surface area contributed by atoms with Gasteiger partial charge in [-0.05, 0) is 42.2 Å². The summed E-state index contributed by atoms with van der Waals surface area (Å²) in [4.78, 5) is 14.1. The summed E-state index contributed by atoms with van der Waals surface area (Å²) in [6, 6.07) is 5.91. The third-order valence-electron chi connectivity index (χ3n) is 3.60. The third-order valence-corrected chi connectivity index (χ3v) is 5.63. The fraction of sp³-hybridized carbons (Fsp3) is 0.333. The molecule has 1 atom stereocenters. The van der Waals surface area contributed by atoms with Gasteiger partial charge in [0.25, 0.3) is 5.91 Å². The molecule has 3 rings (SSSR count). The lowest BCUT2D eigenvalue weighted by molar-refractivity contribution is 0.103. The van der Waals surface area contributed by atoms with E-state index in [0.29, 0.717) is 21.4 Å². The number of fused-ring (bicyclic) bond motifs is 1. The van der Waals surface area contributed by atoms with E-state index in [-0.39, 0.29) is 5.91 Å². The number of amides is 1. The van der Waals surface area contributed by atoms with E-state index in [0.717, 1.165) is 24.8 Å². The summed E-state index contributed by atoms with van der Waals surface area (Å²) in [5.74, 6) is 0.539. The zero-order valence-electron chi connectivity index (χ0n) is 11.1. The highest BCUT2D eigenvalue weighted by Crippen LogP contribution is 2.39. The zero-order valence-corrected chi connectivity index (χ0v) is 12.7. The van der Waals surface area contributed by atoms with Crippen LogP contribution in [0.5, 0.6) is 0 Å². The smallest absolute Gasteiger partial charge is 0.266 e. The van der Waals surface area contributed by atoms with E-state index in [9.17, 15) is 10.1 Å². The largest absolute Gasteiger partial charge is 0.312 e. The van der Waals surface area contributed by atoms with Crippen LogP contribution in [0.2, 0.25) is 0 Å². The predicted octanol–water partition coefficient (Wildman–Crippen LogP) is 4.06. The van der Waals surface area contributed by atoms with Crippen molar-refractivity contribution in [1.29, 1.82) is 5.26 Å². The molecule has 3 nitrogen and oxygen atoms in total. The fourth-order valence-electron chi connectivity index (χ4n) is 2.53. The number of rotatable bonds is 2. The van der Waals surface area contributed by atoms with Gasteiger partial charge in [0.1, 0.15) is 11.1 Å². The van der Waals surface area contributed by atoms with Crippen LogP contribution in [0, 0.1) is 17.2 Å². The second-order valence-electron chi connectivity index (χ2n) is 5.10. The maximum atomic E-state index is 12.1. The van der Waals surface area contributed by atoms with Gasteiger partial charge in [-0.15, -0.1) is 22.7 Å². The molecule has 5 heteroatoms. The second kappa shape index (κ2) is 5.39. The van der Waals surface area contributed by atoms with E-state index in [1.165, 1.54) is 16.2 Å². The molecular formula is C15H14N2OS2. The molecule has 1 aliphatic rings. The first-order valence-corrected chi connectivity index (χ1v) is 8.28. The average molecular weight is 302 g/mol. The van der Waals surface area contributed by atoms with E-state index in [1.54, 1.807) is 17.4 Å². The van der Waals surface area contributed by atoms with Crippen molar-refractivity contribution in [3.8, 4) is 6.07 Å². The van der Waals surface area contributed by atoms with E-state index in [1.807, 2.05) is 11.4 Å². The van der Waals surface area contributed by atoms with Crippen molar-refractivity contribution >= 4 is 33.6 Å². The van der Waals surface area contributed by atoms with Gasteiger partial charge in [-0.2, -0.15) is 5.26 Å². The molecule has 20 heavy (non-hydrogen) atoms. The molecule has 1 unspecified atom stereocenters. The summed E-state index contributed by atoms with van der Waals surface area (Å²) in [5.41, 5.74) is 1.82. The van der Waals surface area contributed by atoms with Crippen LogP contribution < -0.4 is 5.32 Å². The van der Waals surface area contributed by atoms with Crippen molar-refractivity contribution < 1.29 is 4.79 Å². The molecule has 0 bridgehead atoms. The Labute approximate surface area is 125 Å². The summed E-state index contributed by atoms with van der Waals surface area (Å²) in [6.45, 7) is 2.23. The molecule has 2 heterocycles. The number of thiophene rings is 2. The van der Waals surface area contributed by atoms with Crippen LogP contribution in [-0.2, 0) is 12.8 Å². The van der Waals surface area contributed by atoms with Crippen molar-refractivity contribution in [2.75, 3.05) is 5.32 Å². The predicted molar refractivity (Wildman–Crippen MR) is 82.5 cm³/mol. The molecule has 0 fully saturated rings.